The Balaban J connectivity index is 1.53. The van der Waals surface area contributed by atoms with Crippen LogP contribution in [0.2, 0.25) is 0 Å². The Labute approximate surface area is 279 Å². The van der Waals surface area contributed by atoms with Crippen molar-refractivity contribution >= 4 is 23.4 Å². The zero-order valence-corrected chi connectivity index (χ0v) is 28.3. The Morgan fingerprint density at radius 3 is 2.38 bits per heavy atom. The van der Waals surface area contributed by atoms with Gasteiger partial charge in [-0.15, -0.1) is 13.2 Å². The first-order valence-corrected chi connectivity index (χ1v) is 17.2. The Bertz CT molecular complexity index is 1300. The minimum absolute atomic E-state index is 0.226. The van der Waals surface area contributed by atoms with Crippen molar-refractivity contribution in [2.24, 2.45) is 11.8 Å². The Morgan fingerprint density at radius 1 is 1.09 bits per heavy atom. The number of carbonyl (C=O) groups excluding carboxylic acids is 3. The fourth-order valence-electron chi connectivity index (χ4n) is 8.33. The van der Waals surface area contributed by atoms with Crippen molar-refractivity contribution in [3.63, 3.8) is 0 Å². The third-order valence-electron chi connectivity index (χ3n) is 10.7. The third kappa shape index (κ3) is 6.23. The minimum atomic E-state index is -1.19. The van der Waals surface area contributed by atoms with Crippen molar-refractivity contribution < 1.29 is 33.7 Å². The monoisotopic (exact) mass is 652 g/mol. The number of fused-ring (bicyclic) bond motifs is 1. The summed E-state index contributed by atoms with van der Waals surface area (Å²) in [6.07, 6.45) is 5.38. The van der Waals surface area contributed by atoms with Crippen molar-refractivity contribution in [2.75, 3.05) is 70.6 Å². The number of hydrogen-bond donors (Lipinski definition) is 1. The lowest BCUT2D eigenvalue weighted by atomic mass is 9.64. The molecule has 2 bridgehead atoms. The number of carbonyl (C=O) groups is 3. The number of amides is 3. The van der Waals surface area contributed by atoms with E-state index < -0.39 is 35.1 Å². The van der Waals surface area contributed by atoms with Gasteiger partial charge in [-0.25, -0.2) is 0 Å². The molecular formula is C36H52N4O7. The Morgan fingerprint density at radius 2 is 1.79 bits per heavy atom. The molecule has 6 atom stereocenters. The molecule has 3 amide bonds. The van der Waals surface area contributed by atoms with Crippen LogP contribution in [0.25, 0.3) is 0 Å². The summed E-state index contributed by atoms with van der Waals surface area (Å²) in [5.74, 6) is -1.72. The molecule has 1 aromatic rings. The van der Waals surface area contributed by atoms with E-state index in [1.165, 1.54) is 0 Å². The molecule has 11 nitrogen and oxygen atoms in total. The lowest BCUT2D eigenvalue weighted by Gasteiger charge is -2.40. The van der Waals surface area contributed by atoms with E-state index >= 15 is 0 Å². The number of benzene rings is 1. The quantitative estimate of drug-likeness (QED) is 0.272. The van der Waals surface area contributed by atoms with Gasteiger partial charge in [-0.1, -0.05) is 26.0 Å². The summed E-state index contributed by atoms with van der Waals surface area (Å²) in [4.78, 5) is 51.6. The van der Waals surface area contributed by atoms with Gasteiger partial charge in [0, 0.05) is 45.0 Å². The number of likely N-dealkylation sites (tertiary alicyclic amines) is 1. The molecule has 4 saturated heterocycles. The molecule has 0 saturated carbocycles. The van der Waals surface area contributed by atoms with Gasteiger partial charge >= 0.3 is 0 Å². The summed E-state index contributed by atoms with van der Waals surface area (Å²) in [6.45, 7) is 18.4. The van der Waals surface area contributed by atoms with E-state index in [0.717, 1.165) is 13.1 Å². The maximum Gasteiger partial charge on any atom is 0.248 e. The van der Waals surface area contributed by atoms with Gasteiger partial charge in [-0.2, -0.15) is 0 Å². The summed E-state index contributed by atoms with van der Waals surface area (Å²) in [6, 6.07) is 5.77. The summed E-state index contributed by atoms with van der Waals surface area (Å²) in [7, 11) is 0. The third-order valence-corrected chi connectivity index (χ3v) is 10.7. The summed E-state index contributed by atoms with van der Waals surface area (Å²) >= 11 is 0. The number of morpholine rings is 1. The van der Waals surface area contributed by atoms with Gasteiger partial charge in [0.25, 0.3) is 0 Å². The molecule has 4 aliphatic rings. The average molecular weight is 653 g/mol. The van der Waals surface area contributed by atoms with Crippen molar-refractivity contribution in [2.45, 2.75) is 69.7 Å². The SMILES string of the molecule is C=CCN(CCN1CCOCC1)C(=O)C1N([C@@H](CC)CO)C(=O)[C@@H]2[C@@H](C(=O)N(CC=C)c3ccc(OCC)cc3)[C@@]3(CC)CCC12O3. The average Bonchev–Trinajstić information content (AvgIpc) is 3.70. The van der Waals surface area contributed by atoms with Crippen LogP contribution < -0.4 is 9.64 Å². The number of aliphatic hydroxyl groups excluding tert-OH is 1. The molecule has 1 spiro atoms. The van der Waals surface area contributed by atoms with E-state index in [2.05, 4.69) is 18.1 Å². The molecule has 5 rings (SSSR count). The molecule has 258 valence electrons. The molecule has 0 aliphatic carbocycles. The summed E-state index contributed by atoms with van der Waals surface area (Å²) in [5, 5.41) is 10.5. The van der Waals surface area contributed by atoms with Crippen LogP contribution in [0.1, 0.15) is 46.5 Å². The summed E-state index contributed by atoms with van der Waals surface area (Å²) < 4.78 is 18.1. The molecule has 4 heterocycles. The van der Waals surface area contributed by atoms with Gasteiger partial charge in [0.2, 0.25) is 17.7 Å². The normalized spacial score (nSPS) is 29.0. The van der Waals surface area contributed by atoms with Crippen LogP contribution in [0, 0.1) is 11.8 Å². The van der Waals surface area contributed by atoms with Crippen molar-refractivity contribution in [3.05, 3.63) is 49.6 Å². The Hall–Kier alpha value is -3.25. The standard InChI is InChI=1S/C36H52N4O7/c1-6-17-38(20-19-37-21-23-45-24-22-37)34(44)31-36-16-15-35(9-4,47-36)29(30(36)33(43)40(31)26(8-3)25-41)32(42)39(18-7-2)27-11-13-28(14-12-27)46-10-5/h6-7,11-14,26,29-31,41H,1-2,8-10,15-25H2,3-5H3/t26-,29-,30-,31?,35+,36?/m0/s1. The number of aliphatic hydroxyl groups is 1. The maximum atomic E-state index is 14.8. The minimum Gasteiger partial charge on any atom is -0.494 e. The van der Waals surface area contributed by atoms with Crippen LogP contribution in [0.5, 0.6) is 5.75 Å². The highest BCUT2D eigenvalue weighted by Crippen LogP contribution is 2.65. The van der Waals surface area contributed by atoms with Crippen LogP contribution >= 0.6 is 0 Å². The Kier molecular flexibility index (Phi) is 11.1. The van der Waals surface area contributed by atoms with Gasteiger partial charge in [-0.05, 0) is 56.9 Å². The van der Waals surface area contributed by atoms with Crippen molar-refractivity contribution in [3.8, 4) is 5.75 Å². The molecule has 0 radical (unpaired) electrons. The van der Waals surface area contributed by atoms with E-state index in [1.54, 1.807) is 26.9 Å². The van der Waals surface area contributed by atoms with E-state index in [-0.39, 0.29) is 30.9 Å². The molecule has 2 unspecified atom stereocenters. The zero-order valence-electron chi connectivity index (χ0n) is 28.3. The number of anilines is 1. The van der Waals surface area contributed by atoms with Gasteiger partial charge in [-0.3, -0.25) is 19.3 Å². The van der Waals surface area contributed by atoms with Crippen molar-refractivity contribution in [1.82, 2.24) is 14.7 Å². The van der Waals surface area contributed by atoms with E-state index in [1.807, 2.05) is 45.0 Å². The van der Waals surface area contributed by atoms with Crippen molar-refractivity contribution in [1.29, 1.82) is 0 Å². The first-order valence-electron chi connectivity index (χ1n) is 17.2. The first kappa shape index (κ1) is 35.1. The molecule has 11 heteroatoms. The lowest BCUT2D eigenvalue weighted by Crippen LogP contribution is -2.59. The number of hydrogen-bond acceptors (Lipinski definition) is 8. The number of rotatable bonds is 16. The first-order chi connectivity index (χ1) is 22.7. The molecule has 47 heavy (non-hydrogen) atoms. The highest BCUT2D eigenvalue weighted by atomic mass is 16.5. The van der Waals surface area contributed by atoms with E-state index in [0.29, 0.717) is 76.6 Å². The van der Waals surface area contributed by atoms with Crippen LogP contribution in [-0.4, -0.2) is 127 Å². The second kappa shape index (κ2) is 14.9. The zero-order chi connectivity index (χ0) is 33.8. The predicted molar refractivity (Wildman–Crippen MR) is 179 cm³/mol. The van der Waals surface area contributed by atoms with Gasteiger partial charge < -0.3 is 34.0 Å². The topological polar surface area (TPSA) is 112 Å². The lowest BCUT2D eigenvalue weighted by molar-refractivity contribution is -0.156. The second-order valence-corrected chi connectivity index (χ2v) is 13.0. The van der Waals surface area contributed by atoms with Crippen LogP contribution in [0.15, 0.2) is 49.6 Å². The molecule has 4 aliphatic heterocycles. The predicted octanol–water partition coefficient (Wildman–Crippen LogP) is 2.88. The highest BCUT2D eigenvalue weighted by Gasteiger charge is 2.79. The molecule has 1 N–H and O–H groups in total. The fourth-order valence-corrected chi connectivity index (χ4v) is 8.33. The largest absolute Gasteiger partial charge is 0.494 e. The van der Waals surface area contributed by atoms with Gasteiger partial charge in [0.15, 0.2) is 0 Å². The maximum absolute atomic E-state index is 14.8. The molecular weight excluding hydrogens is 600 g/mol. The summed E-state index contributed by atoms with van der Waals surface area (Å²) in [5.41, 5.74) is -1.42. The second-order valence-electron chi connectivity index (χ2n) is 13.0. The molecule has 1 aromatic carbocycles. The number of nitrogens with zero attached hydrogens (tertiary/aromatic N) is 4. The molecule has 4 fully saturated rings. The smallest absolute Gasteiger partial charge is 0.248 e. The van der Waals surface area contributed by atoms with Gasteiger partial charge in [0.05, 0.1) is 49.9 Å². The van der Waals surface area contributed by atoms with Crippen LogP contribution in [0.3, 0.4) is 0 Å². The molecule has 0 aromatic heterocycles. The van der Waals surface area contributed by atoms with E-state index in [4.69, 9.17) is 14.2 Å². The number of ether oxygens (including phenoxy) is 3. The van der Waals surface area contributed by atoms with Crippen LogP contribution in [-0.2, 0) is 23.9 Å². The van der Waals surface area contributed by atoms with Gasteiger partial charge in [0.1, 0.15) is 17.4 Å². The highest BCUT2D eigenvalue weighted by molar-refractivity contribution is 6.03. The van der Waals surface area contributed by atoms with Crippen LogP contribution in [0.4, 0.5) is 5.69 Å². The fraction of sp³-hybridized carbons (Fsp3) is 0.639. The van der Waals surface area contributed by atoms with E-state index in [9.17, 15) is 19.5 Å².